The van der Waals surface area contributed by atoms with Gasteiger partial charge in [0.2, 0.25) is 0 Å². The number of halogens is 1. The average molecular weight is 418 g/mol. The largest absolute Gasteiger partial charge is 0.493 e. The van der Waals surface area contributed by atoms with Gasteiger partial charge in [-0.3, -0.25) is 0 Å². The van der Waals surface area contributed by atoms with Crippen LogP contribution in [-0.4, -0.2) is 30.2 Å². The zero-order chi connectivity index (χ0) is 18.4. The Morgan fingerprint density at radius 2 is 2.04 bits per heavy atom. The fraction of sp³-hybridized carbons (Fsp3) is 0.350. The predicted octanol–water partition coefficient (Wildman–Crippen LogP) is 4.46. The number of para-hydroxylation sites is 2. The van der Waals surface area contributed by atoms with E-state index in [2.05, 4.69) is 38.1 Å². The zero-order valence-corrected chi connectivity index (χ0v) is 16.7. The van der Waals surface area contributed by atoms with Gasteiger partial charge in [0.1, 0.15) is 5.82 Å². The fourth-order valence-corrected chi connectivity index (χ4v) is 3.27. The van der Waals surface area contributed by atoms with E-state index in [0.717, 1.165) is 57.8 Å². The van der Waals surface area contributed by atoms with Crippen LogP contribution >= 0.6 is 15.9 Å². The minimum absolute atomic E-state index is 0.665. The molecular weight excluding hydrogens is 394 g/mol. The van der Waals surface area contributed by atoms with Gasteiger partial charge >= 0.3 is 0 Å². The van der Waals surface area contributed by atoms with Crippen molar-refractivity contribution < 1.29 is 9.47 Å². The lowest BCUT2D eigenvalue weighted by molar-refractivity contribution is 0.290. The molecule has 1 aromatic heterocycles. The predicted molar refractivity (Wildman–Crippen MR) is 108 cm³/mol. The maximum atomic E-state index is 5.93. The Kier molecular flexibility index (Phi) is 6.52. The monoisotopic (exact) mass is 417 g/mol. The summed E-state index contributed by atoms with van der Waals surface area (Å²) >= 11 is 3.63. The van der Waals surface area contributed by atoms with Crippen molar-refractivity contribution in [1.29, 1.82) is 0 Å². The molecule has 0 atom stereocenters. The number of rotatable bonds is 9. The van der Waals surface area contributed by atoms with E-state index >= 15 is 0 Å². The number of fused-ring (bicyclic) bond motifs is 1. The highest BCUT2D eigenvalue weighted by molar-refractivity contribution is 9.10. The Bertz CT molecular complexity index is 830. The van der Waals surface area contributed by atoms with Crippen LogP contribution in [0.25, 0.3) is 11.0 Å². The maximum absolute atomic E-state index is 5.93. The third kappa shape index (κ3) is 4.37. The summed E-state index contributed by atoms with van der Waals surface area (Å²) in [5, 5.41) is 3.48. The Balaban J connectivity index is 1.63. The summed E-state index contributed by atoms with van der Waals surface area (Å²) in [4.78, 5) is 7.97. The molecule has 0 saturated heterocycles. The van der Waals surface area contributed by atoms with Crippen molar-refractivity contribution in [2.45, 2.75) is 26.3 Å². The van der Waals surface area contributed by atoms with Crippen molar-refractivity contribution in [2.75, 3.05) is 20.3 Å². The van der Waals surface area contributed by atoms with Gasteiger partial charge in [0.15, 0.2) is 11.5 Å². The van der Waals surface area contributed by atoms with Gasteiger partial charge in [-0.1, -0.05) is 35.0 Å². The third-order valence-electron chi connectivity index (χ3n) is 4.12. The second kappa shape index (κ2) is 9.05. The van der Waals surface area contributed by atoms with Crippen molar-refractivity contribution in [3.8, 4) is 11.5 Å². The van der Waals surface area contributed by atoms with E-state index in [0.29, 0.717) is 13.2 Å². The first-order valence-electron chi connectivity index (χ1n) is 8.85. The molecular formula is C20H24BrN3O2. The number of imidazole rings is 1. The van der Waals surface area contributed by atoms with Crippen LogP contribution in [0.15, 0.2) is 40.9 Å². The van der Waals surface area contributed by atoms with Crippen LogP contribution in [0.5, 0.6) is 11.5 Å². The normalized spacial score (nSPS) is 11.0. The van der Waals surface area contributed by atoms with E-state index in [1.165, 1.54) is 0 Å². The second-order valence-corrected chi connectivity index (χ2v) is 6.89. The van der Waals surface area contributed by atoms with Crippen LogP contribution in [0, 0.1) is 0 Å². The molecule has 5 nitrogen and oxygen atoms in total. The summed E-state index contributed by atoms with van der Waals surface area (Å²) in [5.41, 5.74) is 3.16. The smallest absolute Gasteiger partial charge is 0.166 e. The van der Waals surface area contributed by atoms with E-state index in [4.69, 9.17) is 9.47 Å². The molecule has 0 aliphatic rings. The number of ether oxygens (including phenoxy) is 2. The quantitative estimate of drug-likeness (QED) is 0.504. The molecule has 0 amide bonds. The highest BCUT2D eigenvalue weighted by Crippen LogP contribution is 2.36. The van der Waals surface area contributed by atoms with Crippen LogP contribution in [-0.2, 0) is 13.0 Å². The standard InChI is InChI=1S/C20H24BrN3O2/c1-3-12-26-20-14(15(21)8-9-18(20)25-2)13-22-11-10-19-23-16-6-4-5-7-17(16)24-19/h4-9,22H,3,10-13H2,1-2H3,(H,23,24). The first kappa shape index (κ1) is 18.7. The van der Waals surface area contributed by atoms with Gasteiger partial charge in [0.25, 0.3) is 0 Å². The van der Waals surface area contributed by atoms with Gasteiger partial charge in [0, 0.05) is 29.5 Å². The van der Waals surface area contributed by atoms with Crippen LogP contribution < -0.4 is 14.8 Å². The van der Waals surface area contributed by atoms with Gasteiger partial charge in [-0.25, -0.2) is 4.98 Å². The SMILES string of the molecule is CCCOc1c(OC)ccc(Br)c1CNCCc1nc2ccccc2[nH]1. The molecule has 3 rings (SSSR count). The van der Waals surface area contributed by atoms with E-state index in [1.54, 1.807) is 7.11 Å². The molecule has 0 fully saturated rings. The summed E-state index contributed by atoms with van der Waals surface area (Å²) in [5.74, 6) is 2.56. The van der Waals surface area contributed by atoms with Crippen molar-refractivity contribution >= 4 is 27.0 Å². The van der Waals surface area contributed by atoms with E-state index in [-0.39, 0.29) is 0 Å². The zero-order valence-electron chi connectivity index (χ0n) is 15.1. The van der Waals surface area contributed by atoms with Crippen LogP contribution in [0.4, 0.5) is 0 Å². The van der Waals surface area contributed by atoms with Gasteiger partial charge in [-0.2, -0.15) is 0 Å². The number of hydrogen-bond donors (Lipinski definition) is 2. The van der Waals surface area contributed by atoms with Crippen LogP contribution in [0.1, 0.15) is 24.7 Å². The molecule has 2 N–H and O–H groups in total. The Morgan fingerprint density at radius 3 is 2.81 bits per heavy atom. The number of hydrogen-bond acceptors (Lipinski definition) is 4. The molecule has 6 heteroatoms. The van der Waals surface area contributed by atoms with Crippen LogP contribution in [0.2, 0.25) is 0 Å². The number of H-pyrrole nitrogens is 1. The molecule has 0 saturated carbocycles. The van der Waals surface area contributed by atoms with Crippen molar-refractivity contribution in [1.82, 2.24) is 15.3 Å². The average Bonchev–Trinajstić information content (AvgIpc) is 3.07. The van der Waals surface area contributed by atoms with Gasteiger partial charge < -0.3 is 19.8 Å². The Labute approximate surface area is 162 Å². The molecule has 0 spiro atoms. The van der Waals surface area contributed by atoms with Gasteiger partial charge in [0.05, 0.1) is 24.8 Å². The fourth-order valence-electron chi connectivity index (χ4n) is 2.81. The summed E-state index contributed by atoms with van der Waals surface area (Å²) in [7, 11) is 1.67. The minimum Gasteiger partial charge on any atom is -0.493 e. The van der Waals surface area contributed by atoms with Crippen molar-refractivity contribution in [3.05, 3.63) is 52.3 Å². The second-order valence-electron chi connectivity index (χ2n) is 6.03. The molecule has 0 aliphatic heterocycles. The van der Waals surface area contributed by atoms with Crippen molar-refractivity contribution in [2.24, 2.45) is 0 Å². The number of benzene rings is 2. The van der Waals surface area contributed by atoms with E-state index < -0.39 is 0 Å². The summed E-state index contributed by atoms with van der Waals surface area (Å²) < 4.78 is 12.4. The topological polar surface area (TPSA) is 59.2 Å². The number of aromatic amines is 1. The molecule has 26 heavy (non-hydrogen) atoms. The Hall–Kier alpha value is -2.05. The lowest BCUT2D eigenvalue weighted by Gasteiger charge is -2.16. The molecule has 2 aromatic carbocycles. The van der Waals surface area contributed by atoms with E-state index in [9.17, 15) is 0 Å². The molecule has 0 radical (unpaired) electrons. The third-order valence-corrected chi connectivity index (χ3v) is 4.86. The van der Waals surface area contributed by atoms with Crippen molar-refractivity contribution in [3.63, 3.8) is 0 Å². The molecule has 3 aromatic rings. The first-order valence-corrected chi connectivity index (χ1v) is 9.64. The first-order chi connectivity index (χ1) is 12.7. The van der Waals surface area contributed by atoms with E-state index in [1.807, 2.05) is 36.4 Å². The molecule has 1 heterocycles. The number of methoxy groups -OCH3 is 1. The molecule has 0 unspecified atom stereocenters. The highest BCUT2D eigenvalue weighted by atomic mass is 79.9. The van der Waals surface area contributed by atoms with Gasteiger partial charge in [-0.05, 0) is 30.7 Å². The molecule has 0 bridgehead atoms. The highest BCUT2D eigenvalue weighted by Gasteiger charge is 2.14. The van der Waals surface area contributed by atoms with Gasteiger partial charge in [-0.15, -0.1) is 0 Å². The lowest BCUT2D eigenvalue weighted by atomic mass is 10.1. The summed E-state index contributed by atoms with van der Waals surface area (Å²) in [6.07, 6.45) is 1.79. The Morgan fingerprint density at radius 1 is 1.19 bits per heavy atom. The minimum atomic E-state index is 0.665. The molecule has 0 aliphatic carbocycles. The van der Waals surface area contributed by atoms with Crippen LogP contribution in [0.3, 0.4) is 0 Å². The molecule has 138 valence electrons. The number of nitrogens with zero attached hydrogens (tertiary/aromatic N) is 1. The summed E-state index contributed by atoms with van der Waals surface area (Å²) in [6.45, 7) is 4.27. The summed E-state index contributed by atoms with van der Waals surface area (Å²) in [6, 6.07) is 12.0. The lowest BCUT2D eigenvalue weighted by Crippen LogP contribution is -2.18. The number of nitrogens with one attached hydrogen (secondary N) is 2. The maximum Gasteiger partial charge on any atom is 0.166 e. The number of aromatic nitrogens is 2.